The van der Waals surface area contributed by atoms with Gasteiger partial charge in [-0.3, -0.25) is 9.59 Å². The molecular formula is C13H31N5O2. The highest BCUT2D eigenvalue weighted by Gasteiger charge is 1.93. The normalized spacial score (nSPS) is 11.4. The van der Waals surface area contributed by atoms with E-state index >= 15 is 0 Å². The van der Waals surface area contributed by atoms with Crippen LogP contribution in [0.25, 0.3) is 0 Å². The van der Waals surface area contributed by atoms with Crippen molar-refractivity contribution in [3.63, 3.8) is 0 Å². The lowest BCUT2D eigenvalue weighted by molar-refractivity contribution is -0.117. The van der Waals surface area contributed by atoms with Gasteiger partial charge in [-0.2, -0.15) is 0 Å². The first-order valence-electron chi connectivity index (χ1n) is 6.96. The van der Waals surface area contributed by atoms with Crippen molar-refractivity contribution in [3.05, 3.63) is 0 Å². The van der Waals surface area contributed by atoms with Crippen molar-refractivity contribution >= 4 is 11.6 Å². The molecule has 0 aliphatic rings. The molecule has 0 heterocycles. The van der Waals surface area contributed by atoms with Crippen LogP contribution in [0.1, 0.15) is 20.8 Å². The fourth-order valence-electron chi connectivity index (χ4n) is 1.14. The van der Waals surface area contributed by atoms with Gasteiger partial charge in [-0.25, -0.2) is 0 Å². The van der Waals surface area contributed by atoms with E-state index in [1.165, 1.54) is 0 Å². The monoisotopic (exact) mass is 289 g/mol. The Kier molecular flexibility index (Phi) is 17.4. The minimum Gasteiger partial charge on any atom is -0.329 e. The summed E-state index contributed by atoms with van der Waals surface area (Å²) < 4.78 is 0. The summed E-state index contributed by atoms with van der Waals surface area (Å²) in [6.07, 6.45) is 0. The van der Waals surface area contributed by atoms with Crippen LogP contribution in [0.3, 0.4) is 0 Å². The molecule has 0 spiro atoms. The van der Waals surface area contributed by atoms with Crippen LogP contribution in [0.2, 0.25) is 0 Å². The lowest BCUT2D eigenvalue weighted by Gasteiger charge is -2.03. The standard InChI is InChI=1S/C7H17N3O.C6H14N2O/c1-7(11)6-10-5-4-9-3-2-8;1-5(7)3-8-4-6(2)9/h9-10H,2-6,8H2,1H3;5,8H,3-4,7H2,1-2H3. The van der Waals surface area contributed by atoms with Crippen LogP contribution in [0.5, 0.6) is 0 Å². The molecule has 0 saturated heterocycles. The number of Topliss-reactive ketones (excluding diaryl/α,β-unsaturated/α-hetero) is 2. The summed E-state index contributed by atoms with van der Waals surface area (Å²) in [5.74, 6) is 0.319. The van der Waals surface area contributed by atoms with Gasteiger partial charge in [0.15, 0.2) is 0 Å². The predicted octanol–water partition coefficient (Wildman–Crippen LogP) is -1.77. The first-order chi connectivity index (χ1) is 9.40. The van der Waals surface area contributed by atoms with E-state index in [2.05, 4.69) is 16.0 Å². The molecule has 1 atom stereocenters. The van der Waals surface area contributed by atoms with Crippen LogP contribution in [-0.2, 0) is 9.59 Å². The molecule has 0 aromatic rings. The third-order valence-corrected chi connectivity index (χ3v) is 2.01. The van der Waals surface area contributed by atoms with Gasteiger partial charge in [-0.05, 0) is 20.8 Å². The van der Waals surface area contributed by atoms with Gasteiger partial charge in [0.05, 0.1) is 13.1 Å². The van der Waals surface area contributed by atoms with Crippen LogP contribution in [0.4, 0.5) is 0 Å². The molecule has 0 fully saturated rings. The van der Waals surface area contributed by atoms with Crippen LogP contribution in [0.15, 0.2) is 0 Å². The molecule has 0 bridgehead atoms. The highest BCUT2D eigenvalue weighted by Crippen LogP contribution is 1.69. The molecule has 0 saturated carbocycles. The molecule has 7 nitrogen and oxygen atoms in total. The Morgan fingerprint density at radius 1 is 0.950 bits per heavy atom. The van der Waals surface area contributed by atoms with E-state index in [9.17, 15) is 9.59 Å². The Morgan fingerprint density at radius 2 is 1.45 bits per heavy atom. The molecule has 0 radical (unpaired) electrons. The van der Waals surface area contributed by atoms with E-state index in [4.69, 9.17) is 11.5 Å². The van der Waals surface area contributed by atoms with Crippen LogP contribution >= 0.6 is 0 Å². The summed E-state index contributed by atoms with van der Waals surface area (Å²) in [5, 5.41) is 9.01. The molecular weight excluding hydrogens is 258 g/mol. The summed E-state index contributed by atoms with van der Waals surface area (Å²) in [6.45, 7) is 9.80. The molecule has 1 unspecified atom stereocenters. The lowest BCUT2D eigenvalue weighted by Crippen LogP contribution is -2.33. The zero-order valence-electron chi connectivity index (χ0n) is 13.0. The third-order valence-electron chi connectivity index (χ3n) is 2.01. The average Bonchev–Trinajstić information content (AvgIpc) is 2.33. The molecule has 7 heteroatoms. The van der Waals surface area contributed by atoms with E-state index in [-0.39, 0.29) is 17.6 Å². The first-order valence-corrected chi connectivity index (χ1v) is 6.96. The average molecular weight is 289 g/mol. The van der Waals surface area contributed by atoms with E-state index in [1.54, 1.807) is 13.8 Å². The molecule has 0 aliphatic heterocycles. The summed E-state index contributed by atoms with van der Waals surface area (Å²) in [6, 6.07) is 0.129. The maximum Gasteiger partial charge on any atom is 0.143 e. The van der Waals surface area contributed by atoms with Gasteiger partial charge in [-0.15, -0.1) is 0 Å². The molecule has 0 aromatic heterocycles. The van der Waals surface area contributed by atoms with Crippen molar-refractivity contribution in [1.82, 2.24) is 16.0 Å². The van der Waals surface area contributed by atoms with E-state index in [1.807, 2.05) is 6.92 Å². The first kappa shape index (κ1) is 21.4. The number of ketones is 2. The number of nitrogens with one attached hydrogen (secondary N) is 3. The SMILES string of the molecule is CC(=O)CNCC(C)N.CC(=O)CNCCNCCN. The van der Waals surface area contributed by atoms with Crippen molar-refractivity contribution in [2.75, 3.05) is 45.8 Å². The van der Waals surface area contributed by atoms with Crippen LogP contribution in [0, 0.1) is 0 Å². The summed E-state index contributed by atoms with van der Waals surface area (Å²) >= 11 is 0. The van der Waals surface area contributed by atoms with E-state index in [0.717, 1.165) is 19.6 Å². The number of rotatable bonds is 11. The molecule has 0 aliphatic carbocycles. The second kappa shape index (κ2) is 16.2. The zero-order chi connectivity index (χ0) is 15.8. The van der Waals surface area contributed by atoms with Gasteiger partial charge < -0.3 is 27.4 Å². The van der Waals surface area contributed by atoms with Crippen molar-refractivity contribution in [1.29, 1.82) is 0 Å². The molecule has 0 rings (SSSR count). The van der Waals surface area contributed by atoms with Gasteiger partial charge in [0.2, 0.25) is 0 Å². The van der Waals surface area contributed by atoms with Crippen molar-refractivity contribution < 1.29 is 9.59 Å². The molecule has 7 N–H and O–H groups in total. The Hall–Kier alpha value is -0.860. The number of carbonyl (C=O) groups is 2. The van der Waals surface area contributed by atoms with Crippen LogP contribution in [-0.4, -0.2) is 63.4 Å². The highest BCUT2D eigenvalue weighted by molar-refractivity contribution is 5.77. The quantitative estimate of drug-likeness (QED) is 0.285. The van der Waals surface area contributed by atoms with Gasteiger partial charge in [0.1, 0.15) is 11.6 Å². The van der Waals surface area contributed by atoms with Gasteiger partial charge in [0.25, 0.3) is 0 Å². The number of hydrogen-bond donors (Lipinski definition) is 5. The fraction of sp³-hybridized carbons (Fsp3) is 0.846. The summed E-state index contributed by atoms with van der Waals surface area (Å²) in [4.78, 5) is 20.8. The van der Waals surface area contributed by atoms with E-state index < -0.39 is 0 Å². The largest absolute Gasteiger partial charge is 0.329 e. The Balaban J connectivity index is 0. The Morgan fingerprint density at radius 3 is 1.90 bits per heavy atom. The fourth-order valence-corrected chi connectivity index (χ4v) is 1.14. The molecule has 0 amide bonds. The Bertz CT molecular complexity index is 247. The van der Waals surface area contributed by atoms with Crippen molar-refractivity contribution in [2.45, 2.75) is 26.8 Å². The molecule has 120 valence electrons. The van der Waals surface area contributed by atoms with Gasteiger partial charge in [-0.1, -0.05) is 0 Å². The second-order valence-corrected chi connectivity index (χ2v) is 4.73. The summed E-state index contributed by atoms with van der Waals surface area (Å²) in [7, 11) is 0. The second-order valence-electron chi connectivity index (χ2n) is 4.73. The van der Waals surface area contributed by atoms with Gasteiger partial charge in [0, 0.05) is 38.8 Å². The van der Waals surface area contributed by atoms with Crippen molar-refractivity contribution in [2.24, 2.45) is 11.5 Å². The highest BCUT2D eigenvalue weighted by atomic mass is 16.1. The van der Waals surface area contributed by atoms with E-state index in [0.29, 0.717) is 26.2 Å². The minimum atomic E-state index is 0.129. The Labute approximate surface area is 122 Å². The molecule has 0 aromatic carbocycles. The van der Waals surface area contributed by atoms with Crippen LogP contribution < -0.4 is 27.4 Å². The third kappa shape index (κ3) is 25.9. The number of carbonyl (C=O) groups excluding carboxylic acids is 2. The zero-order valence-corrected chi connectivity index (χ0v) is 13.0. The van der Waals surface area contributed by atoms with Gasteiger partial charge >= 0.3 is 0 Å². The maximum absolute atomic E-state index is 10.4. The smallest absolute Gasteiger partial charge is 0.143 e. The predicted molar refractivity (Wildman–Crippen MR) is 82.7 cm³/mol. The molecule has 20 heavy (non-hydrogen) atoms. The topological polar surface area (TPSA) is 122 Å². The lowest BCUT2D eigenvalue weighted by atomic mass is 10.3. The number of nitrogens with two attached hydrogens (primary N) is 2. The minimum absolute atomic E-state index is 0.129. The number of hydrogen-bond acceptors (Lipinski definition) is 7. The maximum atomic E-state index is 10.4. The van der Waals surface area contributed by atoms with Crippen molar-refractivity contribution in [3.8, 4) is 0 Å². The summed E-state index contributed by atoms with van der Waals surface area (Å²) in [5.41, 5.74) is 10.7.